The number of aromatic nitrogens is 4. The second kappa shape index (κ2) is 6.92. The molecule has 2 aromatic heterocycles. The number of imidazole rings is 1. The summed E-state index contributed by atoms with van der Waals surface area (Å²) in [4.78, 5) is 7.23. The van der Waals surface area contributed by atoms with Crippen LogP contribution in [0.1, 0.15) is 48.6 Å². The van der Waals surface area contributed by atoms with E-state index in [0.717, 1.165) is 45.2 Å². The van der Waals surface area contributed by atoms with E-state index < -0.39 is 0 Å². The van der Waals surface area contributed by atoms with Gasteiger partial charge >= 0.3 is 0 Å². The molecule has 2 aliphatic rings. The average Bonchev–Trinajstić information content (AvgIpc) is 3.27. The molecule has 3 heterocycles. The first kappa shape index (κ1) is 16.8. The van der Waals surface area contributed by atoms with Gasteiger partial charge in [-0.15, -0.1) is 0 Å². The highest BCUT2D eigenvalue weighted by Gasteiger charge is 2.27. The third kappa shape index (κ3) is 3.51. The van der Waals surface area contributed by atoms with Crippen molar-refractivity contribution in [2.45, 2.75) is 52.2 Å². The van der Waals surface area contributed by atoms with Gasteiger partial charge in [-0.2, -0.15) is 5.10 Å². The Kier molecular flexibility index (Phi) is 4.65. The Hall–Kier alpha value is -1.66. The van der Waals surface area contributed by atoms with Crippen LogP contribution in [-0.2, 0) is 31.3 Å². The fraction of sp³-hybridized carbons (Fsp3) is 0.684. The summed E-state index contributed by atoms with van der Waals surface area (Å²) in [5, 5.41) is 4.37. The lowest BCUT2D eigenvalue weighted by molar-refractivity contribution is 0.124. The first-order chi connectivity index (χ1) is 12.1. The van der Waals surface area contributed by atoms with Crippen LogP contribution in [0.25, 0.3) is 0 Å². The van der Waals surface area contributed by atoms with Gasteiger partial charge in [0, 0.05) is 62.9 Å². The quantitative estimate of drug-likeness (QED) is 0.725. The van der Waals surface area contributed by atoms with Gasteiger partial charge in [-0.05, 0) is 32.6 Å². The summed E-state index contributed by atoms with van der Waals surface area (Å²) in [5.41, 5.74) is 3.87. The monoisotopic (exact) mass is 343 g/mol. The SMILES string of the molecule is Cc1c(CN2CCn3c(CCOCC4CC4)cnc3C2C)cnn1C. The number of hydrogen-bond acceptors (Lipinski definition) is 4. The van der Waals surface area contributed by atoms with Gasteiger partial charge in [0.05, 0.1) is 18.8 Å². The van der Waals surface area contributed by atoms with Crippen molar-refractivity contribution in [3.8, 4) is 0 Å². The van der Waals surface area contributed by atoms with Crippen molar-refractivity contribution < 1.29 is 4.74 Å². The van der Waals surface area contributed by atoms with Crippen LogP contribution in [0.3, 0.4) is 0 Å². The van der Waals surface area contributed by atoms with E-state index in [1.54, 1.807) is 0 Å². The molecule has 136 valence electrons. The summed E-state index contributed by atoms with van der Waals surface area (Å²) in [6.07, 6.45) is 7.71. The van der Waals surface area contributed by atoms with Gasteiger partial charge in [-0.25, -0.2) is 4.98 Å². The van der Waals surface area contributed by atoms with E-state index in [9.17, 15) is 0 Å². The molecule has 0 amide bonds. The Bertz CT molecular complexity index is 730. The zero-order chi connectivity index (χ0) is 17.4. The summed E-state index contributed by atoms with van der Waals surface area (Å²) in [7, 11) is 2.00. The minimum Gasteiger partial charge on any atom is -0.381 e. The van der Waals surface area contributed by atoms with Crippen LogP contribution in [0.4, 0.5) is 0 Å². The summed E-state index contributed by atoms with van der Waals surface area (Å²) in [5.74, 6) is 2.02. The third-order valence-corrected chi connectivity index (χ3v) is 5.76. The van der Waals surface area contributed by atoms with Gasteiger partial charge in [0.1, 0.15) is 5.82 Å². The molecular weight excluding hydrogens is 314 g/mol. The Morgan fingerprint density at radius 3 is 2.80 bits per heavy atom. The van der Waals surface area contributed by atoms with Crippen LogP contribution in [-0.4, -0.2) is 44.0 Å². The van der Waals surface area contributed by atoms with Gasteiger partial charge < -0.3 is 9.30 Å². The minimum absolute atomic E-state index is 0.328. The lowest BCUT2D eigenvalue weighted by Crippen LogP contribution is -2.37. The molecule has 1 atom stereocenters. The summed E-state index contributed by atoms with van der Waals surface area (Å²) in [6, 6.07) is 0.328. The number of fused-ring (bicyclic) bond motifs is 1. The van der Waals surface area contributed by atoms with Crippen molar-refractivity contribution in [3.63, 3.8) is 0 Å². The molecule has 6 nitrogen and oxygen atoms in total. The molecule has 1 unspecified atom stereocenters. The maximum atomic E-state index is 5.80. The van der Waals surface area contributed by atoms with E-state index in [1.807, 2.05) is 24.1 Å². The van der Waals surface area contributed by atoms with E-state index in [4.69, 9.17) is 9.72 Å². The van der Waals surface area contributed by atoms with Gasteiger partial charge in [-0.3, -0.25) is 9.58 Å². The normalized spacial score (nSPS) is 20.8. The predicted octanol–water partition coefficient (Wildman–Crippen LogP) is 2.47. The fourth-order valence-electron chi connectivity index (χ4n) is 3.65. The molecule has 2 aromatic rings. The summed E-state index contributed by atoms with van der Waals surface area (Å²) in [6.45, 7) is 9.15. The zero-order valence-electron chi connectivity index (χ0n) is 15.6. The van der Waals surface area contributed by atoms with Crippen LogP contribution in [0.5, 0.6) is 0 Å². The number of nitrogens with zero attached hydrogens (tertiary/aromatic N) is 5. The number of ether oxygens (including phenoxy) is 1. The molecular formula is C19H29N5O. The summed E-state index contributed by atoms with van der Waals surface area (Å²) >= 11 is 0. The van der Waals surface area contributed by atoms with Crippen LogP contribution < -0.4 is 0 Å². The molecule has 0 radical (unpaired) electrons. The maximum absolute atomic E-state index is 5.80. The lowest BCUT2D eigenvalue weighted by atomic mass is 10.1. The van der Waals surface area contributed by atoms with Crippen molar-refractivity contribution in [1.29, 1.82) is 0 Å². The standard InChI is InChI=1S/C19H29N5O/c1-14-17(10-21-22(14)3)12-23-7-8-24-18(11-20-19(24)15(23)2)6-9-25-13-16-4-5-16/h10-11,15-16H,4-9,12-13H2,1-3H3. The van der Waals surface area contributed by atoms with Gasteiger partial charge in [0.2, 0.25) is 0 Å². The van der Waals surface area contributed by atoms with E-state index in [2.05, 4.69) is 28.4 Å². The summed E-state index contributed by atoms with van der Waals surface area (Å²) < 4.78 is 10.2. The Morgan fingerprint density at radius 1 is 1.24 bits per heavy atom. The maximum Gasteiger partial charge on any atom is 0.126 e. The van der Waals surface area contributed by atoms with Crippen molar-refractivity contribution in [3.05, 3.63) is 35.2 Å². The lowest BCUT2D eigenvalue weighted by Gasteiger charge is -2.34. The molecule has 1 aliphatic heterocycles. The van der Waals surface area contributed by atoms with Gasteiger partial charge in [0.25, 0.3) is 0 Å². The highest BCUT2D eigenvalue weighted by Crippen LogP contribution is 2.29. The van der Waals surface area contributed by atoms with Crippen LogP contribution in [0.15, 0.2) is 12.4 Å². The van der Waals surface area contributed by atoms with E-state index in [0.29, 0.717) is 6.04 Å². The highest BCUT2D eigenvalue weighted by atomic mass is 16.5. The Balaban J connectivity index is 1.38. The second-order valence-electron chi connectivity index (χ2n) is 7.55. The Labute approximate surface area is 149 Å². The molecule has 0 spiro atoms. The van der Waals surface area contributed by atoms with E-state index >= 15 is 0 Å². The van der Waals surface area contributed by atoms with Crippen molar-refractivity contribution >= 4 is 0 Å². The van der Waals surface area contributed by atoms with Crippen LogP contribution in [0, 0.1) is 12.8 Å². The van der Waals surface area contributed by atoms with Crippen molar-refractivity contribution in [2.24, 2.45) is 13.0 Å². The van der Waals surface area contributed by atoms with E-state index in [1.165, 1.54) is 35.6 Å². The molecule has 1 saturated carbocycles. The molecule has 1 fully saturated rings. The molecule has 0 N–H and O–H groups in total. The average molecular weight is 343 g/mol. The van der Waals surface area contributed by atoms with Crippen LogP contribution in [0.2, 0.25) is 0 Å². The van der Waals surface area contributed by atoms with Crippen molar-refractivity contribution in [2.75, 3.05) is 19.8 Å². The van der Waals surface area contributed by atoms with Crippen molar-refractivity contribution in [1.82, 2.24) is 24.2 Å². The Morgan fingerprint density at radius 2 is 2.08 bits per heavy atom. The topological polar surface area (TPSA) is 48.1 Å². The largest absolute Gasteiger partial charge is 0.381 e. The molecule has 25 heavy (non-hydrogen) atoms. The zero-order valence-corrected chi connectivity index (χ0v) is 15.6. The molecule has 0 bridgehead atoms. The fourth-order valence-corrected chi connectivity index (χ4v) is 3.65. The number of aryl methyl sites for hydroxylation is 1. The second-order valence-corrected chi connectivity index (χ2v) is 7.55. The van der Waals surface area contributed by atoms with E-state index in [-0.39, 0.29) is 0 Å². The smallest absolute Gasteiger partial charge is 0.126 e. The first-order valence-electron chi connectivity index (χ1n) is 9.47. The number of rotatable bonds is 7. The minimum atomic E-state index is 0.328. The molecule has 6 heteroatoms. The third-order valence-electron chi connectivity index (χ3n) is 5.76. The predicted molar refractivity (Wildman–Crippen MR) is 96.2 cm³/mol. The molecule has 1 aliphatic carbocycles. The first-order valence-corrected chi connectivity index (χ1v) is 9.47. The van der Waals surface area contributed by atoms with Gasteiger partial charge in [-0.1, -0.05) is 0 Å². The van der Waals surface area contributed by atoms with Crippen LogP contribution >= 0.6 is 0 Å². The highest BCUT2D eigenvalue weighted by molar-refractivity contribution is 5.17. The van der Waals surface area contributed by atoms with Gasteiger partial charge in [0.15, 0.2) is 0 Å². The molecule has 4 rings (SSSR count). The number of hydrogen-bond donors (Lipinski definition) is 0. The molecule has 0 saturated heterocycles. The molecule has 0 aromatic carbocycles.